The van der Waals surface area contributed by atoms with Gasteiger partial charge in [-0.3, -0.25) is 0 Å². The van der Waals surface area contributed by atoms with Gasteiger partial charge in [0.05, 0.1) is 38.4 Å². The molecule has 9 nitrogen and oxygen atoms in total. The van der Waals surface area contributed by atoms with Gasteiger partial charge < -0.3 is 29.8 Å². The number of anilines is 3. The number of rotatable bonds is 5. The van der Waals surface area contributed by atoms with Gasteiger partial charge in [0.15, 0.2) is 0 Å². The predicted octanol–water partition coefficient (Wildman–Crippen LogP) is 1.10. The second-order valence-electron chi connectivity index (χ2n) is 7.11. The van der Waals surface area contributed by atoms with E-state index in [-0.39, 0.29) is 12.0 Å². The highest BCUT2D eigenvalue weighted by molar-refractivity contribution is 6.62. The average Bonchev–Trinajstić information content (AvgIpc) is 3.11. The minimum Gasteiger partial charge on any atom is -0.497 e. The van der Waals surface area contributed by atoms with E-state index in [9.17, 15) is 10.3 Å². The highest BCUT2D eigenvalue weighted by Crippen LogP contribution is 2.27. The fourth-order valence-electron chi connectivity index (χ4n) is 3.56. The number of ether oxygens (including phenoxy) is 2. The molecule has 2 aliphatic heterocycles. The van der Waals surface area contributed by atoms with Gasteiger partial charge >= 0.3 is 7.12 Å². The number of fused-ring (bicyclic) bond motifs is 1. The van der Waals surface area contributed by atoms with Crippen molar-refractivity contribution in [1.82, 2.24) is 9.97 Å². The zero-order valence-corrected chi connectivity index (χ0v) is 16.3. The van der Waals surface area contributed by atoms with E-state index in [1.54, 1.807) is 19.4 Å². The van der Waals surface area contributed by atoms with Gasteiger partial charge in [0.2, 0.25) is 5.95 Å². The monoisotopic (exact) mass is 395 g/mol. The number of nitrogens with one attached hydrogen (secondary N) is 2. The number of aromatic nitrogens is 2. The van der Waals surface area contributed by atoms with Crippen molar-refractivity contribution in [3.05, 3.63) is 29.5 Å². The van der Waals surface area contributed by atoms with Crippen LogP contribution in [0.2, 0.25) is 0 Å². The van der Waals surface area contributed by atoms with E-state index >= 15 is 0 Å². The Bertz CT molecular complexity index is 951. The molecule has 4 rings (SSSR count). The van der Waals surface area contributed by atoms with Crippen molar-refractivity contribution in [3.8, 4) is 11.8 Å². The van der Waals surface area contributed by atoms with Crippen LogP contribution >= 0.6 is 0 Å². The third kappa shape index (κ3) is 3.98. The molecule has 3 heterocycles. The number of benzene rings is 1. The zero-order valence-electron chi connectivity index (χ0n) is 16.3. The van der Waals surface area contributed by atoms with E-state index < -0.39 is 7.12 Å². The molecule has 2 aromatic rings. The fraction of sp³-hybridized carbons (Fsp3) is 0.421. The molecule has 3 N–H and O–H groups in total. The second kappa shape index (κ2) is 8.25. The van der Waals surface area contributed by atoms with Crippen LogP contribution in [0.15, 0.2) is 18.3 Å². The summed E-state index contributed by atoms with van der Waals surface area (Å²) < 4.78 is 16.2. The summed E-state index contributed by atoms with van der Waals surface area (Å²) in [5.74, 6) is 1.48. The Morgan fingerprint density at radius 3 is 3.07 bits per heavy atom. The van der Waals surface area contributed by atoms with Crippen molar-refractivity contribution in [1.29, 1.82) is 5.26 Å². The Balaban J connectivity index is 1.56. The van der Waals surface area contributed by atoms with Gasteiger partial charge in [-0.05, 0) is 25.0 Å². The summed E-state index contributed by atoms with van der Waals surface area (Å²) in [6.07, 6.45) is 2.42. The van der Waals surface area contributed by atoms with Crippen LogP contribution < -0.4 is 20.8 Å². The van der Waals surface area contributed by atoms with Gasteiger partial charge in [0, 0.05) is 35.6 Å². The number of aryl methyl sites for hydroxylation is 1. The van der Waals surface area contributed by atoms with Crippen LogP contribution in [0.1, 0.15) is 17.5 Å². The third-order valence-corrected chi connectivity index (χ3v) is 5.16. The van der Waals surface area contributed by atoms with Gasteiger partial charge in [0.25, 0.3) is 0 Å². The Kier molecular flexibility index (Phi) is 5.53. The van der Waals surface area contributed by atoms with Crippen molar-refractivity contribution in [2.75, 3.05) is 31.0 Å². The molecule has 29 heavy (non-hydrogen) atoms. The molecule has 2 aliphatic rings. The summed E-state index contributed by atoms with van der Waals surface area (Å²) in [6, 6.07) is 5.88. The molecule has 1 saturated heterocycles. The molecule has 0 aliphatic carbocycles. The van der Waals surface area contributed by atoms with E-state index in [1.165, 1.54) is 0 Å². The van der Waals surface area contributed by atoms with Crippen LogP contribution in [-0.4, -0.2) is 48.5 Å². The summed E-state index contributed by atoms with van der Waals surface area (Å²) in [5.41, 5.74) is 3.09. The van der Waals surface area contributed by atoms with Gasteiger partial charge in [-0.25, -0.2) is 4.98 Å². The lowest BCUT2D eigenvalue weighted by atomic mass is 9.78. The van der Waals surface area contributed by atoms with E-state index in [4.69, 9.17) is 14.1 Å². The van der Waals surface area contributed by atoms with E-state index in [2.05, 4.69) is 26.7 Å². The smallest absolute Gasteiger partial charge is 0.495 e. The Hall–Kier alpha value is -2.87. The largest absolute Gasteiger partial charge is 0.497 e. The van der Waals surface area contributed by atoms with Crippen molar-refractivity contribution in [2.45, 2.75) is 26.0 Å². The minimum absolute atomic E-state index is 0.117. The van der Waals surface area contributed by atoms with E-state index in [0.717, 1.165) is 16.8 Å². The number of hydrogen-bond acceptors (Lipinski definition) is 9. The highest BCUT2D eigenvalue weighted by Gasteiger charge is 2.32. The molecule has 1 aromatic heterocycles. The lowest BCUT2D eigenvalue weighted by molar-refractivity contribution is 0.0698. The van der Waals surface area contributed by atoms with Gasteiger partial charge in [-0.15, -0.1) is 0 Å². The van der Waals surface area contributed by atoms with Crippen LogP contribution in [0, 0.1) is 24.2 Å². The summed E-state index contributed by atoms with van der Waals surface area (Å²) in [5, 5.41) is 25.8. The lowest BCUT2D eigenvalue weighted by Crippen LogP contribution is -2.38. The lowest BCUT2D eigenvalue weighted by Gasteiger charge is -2.28. The molecule has 0 bridgehead atoms. The summed E-state index contributed by atoms with van der Waals surface area (Å²) in [6.45, 7) is 3.29. The topological polar surface area (TPSA) is 122 Å². The van der Waals surface area contributed by atoms with Crippen LogP contribution in [-0.2, 0) is 16.0 Å². The first kappa shape index (κ1) is 19.5. The second-order valence-corrected chi connectivity index (χ2v) is 7.11. The Morgan fingerprint density at radius 2 is 2.28 bits per heavy atom. The fourth-order valence-corrected chi connectivity index (χ4v) is 3.56. The molecule has 150 valence electrons. The SMILES string of the molecule is COc1cc(Nc2ncc(C)c(NC3COCC[C@H]3C#N)n2)cc2c1B(O)OC2. The molecule has 2 atom stereocenters. The molecule has 0 spiro atoms. The van der Waals surface area contributed by atoms with Crippen molar-refractivity contribution in [2.24, 2.45) is 5.92 Å². The average molecular weight is 395 g/mol. The first-order chi connectivity index (χ1) is 14.1. The number of methoxy groups -OCH3 is 1. The first-order valence-corrected chi connectivity index (χ1v) is 9.44. The third-order valence-electron chi connectivity index (χ3n) is 5.16. The Labute approximate surface area is 169 Å². The first-order valence-electron chi connectivity index (χ1n) is 9.44. The summed E-state index contributed by atoms with van der Waals surface area (Å²) >= 11 is 0. The molecule has 10 heteroatoms. The van der Waals surface area contributed by atoms with E-state index in [1.807, 2.05) is 13.0 Å². The maximum absolute atomic E-state index is 9.95. The maximum atomic E-state index is 9.95. The molecule has 1 aromatic carbocycles. The van der Waals surface area contributed by atoms with Crippen molar-refractivity contribution >= 4 is 30.0 Å². The standard InChI is InChI=1S/C19H22BN5O4/c1-11-8-22-19(25-18(11)24-15-10-28-4-3-12(15)7-21)23-14-5-13-9-29-20(26)17(13)16(6-14)27-2/h5-6,8,12,15,26H,3-4,9-10H2,1-2H3,(H2,22,23,24,25)/t12-,15?/m0/s1. The minimum atomic E-state index is -0.980. The number of nitrogens with zero attached hydrogens (tertiary/aromatic N) is 3. The molecule has 1 unspecified atom stereocenters. The van der Waals surface area contributed by atoms with Crippen LogP contribution in [0.3, 0.4) is 0 Å². The van der Waals surface area contributed by atoms with Crippen LogP contribution in [0.25, 0.3) is 0 Å². The normalized spacial score (nSPS) is 20.7. The van der Waals surface area contributed by atoms with Gasteiger partial charge in [0.1, 0.15) is 11.6 Å². The Morgan fingerprint density at radius 1 is 1.41 bits per heavy atom. The van der Waals surface area contributed by atoms with Crippen LogP contribution in [0.4, 0.5) is 17.5 Å². The zero-order chi connectivity index (χ0) is 20.4. The molecule has 0 saturated carbocycles. The number of nitriles is 1. The number of hydrogen-bond donors (Lipinski definition) is 3. The van der Waals surface area contributed by atoms with Crippen LogP contribution in [0.5, 0.6) is 5.75 Å². The molecule has 0 amide bonds. The molecule has 0 radical (unpaired) electrons. The summed E-state index contributed by atoms with van der Waals surface area (Å²) in [7, 11) is 0.568. The van der Waals surface area contributed by atoms with E-state index in [0.29, 0.717) is 49.2 Å². The molecule has 1 fully saturated rings. The van der Waals surface area contributed by atoms with Gasteiger partial charge in [-0.2, -0.15) is 10.2 Å². The predicted molar refractivity (Wildman–Crippen MR) is 107 cm³/mol. The quantitative estimate of drug-likeness (QED) is 0.639. The van der Waals surface area contributed by atoms with Gasteiger partial charge in [-0.1, -0.05) is 0 Å². The summed E-state index contributed by atoms with van der Waals surface area (Å²) in [4.78, 5) is 8.93. The highest BCUT2D eigenvalue weighted by atomic mass is 16.5. The van der Waals surface area contributed by atoms with Crippen molar-refractivity contribution < 1.29 is 19.2 Å². The molecular weight excluding hydrogens is 373 g/mol. The molecular formula is C19H22BN5O4. The van der Waals surface area contributed by atoms with Crippen molar-refractivity contribution in [3.63, 3.8) is 0 Å². The maximum Gasteiger partial charge on any atom is 0.495 e.